The third-order valence-corrected chi connectivity index (χ3v) is 4.39. The normalized spacial score (nSPS) is 11.0. The molecule has 0 spiro atoms. The molecule has 7 heteroatoms. The maximum absolute atomic E-state index is 6.14. The van der Waals surface area contributed by atoms with E-state index in [0.29, 0.717) is 22.2 Å². The van der Waals surface area contributed by atoms with Crippen LogP contribution < -0.4 is 10.1 Å². The SMILES string of the molecule is COc1cccc(Nc2nc3ccc(Cl)cc3nc2-n2nc(C)cc2C)c1. The summed E-state index contributed by atoms with van der Waals surface area (Å²) in [6, 6.07) is 15.1. The van der Waals surface area contributed by atoms with Gasteiger partial charge in [0.15, 0.2) is 11.6 Å². The summed E-state index contributed by atoms with van der Waals surface area (Å²) in [6.07, 6.45) is 0. The van der Waals surface area contributed by atoms with Gasteiger partial charge in [-0.15, -0.1) is 0 Å². The van der Waals surface area contributed by atoms with Crippen molar-refractivity contribution in [2.75, 3.05) is 12.4 Å². The lowest BCUT2D eigenvalue weighted by molar-refractivity contribution is 0.415. The van der Waals surface area contributed by atoms with Crippen molar-refractivity contribution < 1.29 is 4.74 Å². The maximum atomic E-state index is 6.14. The van der Waals surface area contributed by atoms with Crippen LogP contribution in [0.15, 0.2) is 48.5 Å². The van der Waals surface area contributed by atoms with Crippen molar-refractivity contribution in [1.82, 2.24) is 19.7 Å². The highest BCUT2D eigenvalue weighted by Gasteiger charge is 2.15. The number of anilines is 2. The summed E-state index contributed by atoms with van der Waals surface area (Å²) in [7, 11) is 1.64. The molecule has 1 N–H and O–H groups in total. The minimum Gasteiger partial charge on any atom is -0.497 e. The predicted octanol–water partition coefficient (Wildman–Crippen LogP) is 4.84. The third kappa shape index (κ3) is 3.44. The Kier molecular flexibility index (Phi) is 4.41. The quantitative estimate of drug-likeness (QED) is 0.549. The van der Waals surface area contributed by atoms with Crippen LogP contribution in [0.2, 0.25) is 5.02 Å². The molecule has 6 nitrogen and oxygen atoms in total. The van der Waals surface area contributed by atoms with Gasteiger partial charge in [-0.3, -0.25) is 0 Å². The molecule has 2 aromatic carbocycles. The molecule has 4 rings (SSSR count). The zero-order chi connectivity index (χ0) is 19.0. The van der Waals surface area contributed by atoms with Crippen LogP contribution in [-0.4, -0.2) is 26.9 Å². The van der Waals surface area contributed by atoms with Crippen molar-refractivity contribution in [3.05, 3.63) is 64.9 Å². The topological polar surface area (TPSA) is 64.9 Å². The first-order chi connectivity index (χ1) is 13.0. The van der Waals surface area contributed by atoms with Gasteiger partial charge in [0.2, 0.25) is 0 Å². The summed E-state index contributed by atoms with van der Waals surface area (Å²) in [5.74, 6) is 1.97. The smallest absolute Gasteiger partial charge is 0.197 e. The number of methoxy groups -OCH3 is 1. The third-order valence-electron chi connectivity index (χ3n) is 4.15. The Morgan fingerprint density at radius 2 is 1.85 bits per heavy atom. The second kappa shape index (κ2) is 6.89. The Bertz CT molecular complexity index is 1140. The van der Waals surface area contributed by atoms with Crippen LogP contribution in [0.5, 0.6) is 5.75 Å². The number of aromatic nitrogens is 4. The molecule has 0 radical (unpaired) electrons. The van der Waals surface area contributed by atoms with Crippen LogP contribution in [0.25, 0.3) is 16.9 Å². The number of nitrogens with one attached hydrogen (secondary N) is 1. The summed E-state index contributed by atoms with van der Waals surface area (Å²) >= 11 is 6.14. The van der Waals surface area contributed by atoms with Crippen molar-refractivity contribution in [3.8, 4) is 11.6 Å². The van der Waals surface area contributed by atoms with Crippen LogP contribution in [0.4, 0.5) is 11.5 Å². The van der Waals surface area contributed by atoms with E-state index in [1.807, 2.05) is 50.2 Å². The fourth-order valence-electron chi connectivity index (χ4n) is 2.93. The maximum Gasteiger partial charge on any atom is 0.197 e. The summed E-state index contributed by atoms with van der Waals surface area (Å²) in [5.41, 5.74) is 4.18. The highest BCUT2D eigenvalue weighted by molar-refractivity contribution is 6.31. The first-order valence-electron chi connectivity index (χ1n) is 8.45. The number of benzene rings is 2. The highest BCUT2D eigenvalue weighted by Crippen LogP contribution is 2.27. The van der Waals surface area contributed by atoms with Gasteiger partial charge >= 0.3 is 0 Å². The first-order valence-corrected chi connectivity index (χ1v) is 8.83. The van der Waals surface area contributed by atoms with Gasteiger partial charge < -0.3 is 10.1 Å². The lowest BCUT2D eigenvalue weighted by atomic mass is 10.3. The molecule has 0 unspecified atom stereocenters. The van der Waals surface area contributed by atoms with E-state index >= 15 is 0 Å². The Labute approximate surface area is 161 Å². The molecule has 0 saturated heterocycles. The van der Waals surface area contributed by atoms with E-state index in [4.69, 9.17) is 26.3 Å². The number of ether oxygens (including phenoxy) is 1. The Morgan fingerprint density at radius 3 is 2.59 bits per heavy atom. The zero-order valence-corrected chi connectivity index (χ0v) is 15.9. The summed E-state index contributed by atoms with van der Waals surface area (Å²) < 4.78 is 7.09. The van der Waals surface area contributed by atoms with Crippen molar-refractivity contribution in [2.45, 2.75) is 13.8 Å². The fraction of sp³-hybridized carbons (Fsp3) is 0.150. The fourth-order valence-corrected chi connectivity index (χ4v) is 3.10. The van der Waals surface area contributed by atoms with E-state index in [0.717, 1.165) is 28.3 Å². The lowest BCUT2D eigenvalue weighted by Crippen LogP contribution is -2.08. The molecule has 2 heterocycles. The molecule has 0 bridgehead atoms. The summed E-state index contributed by atoms with van der Waals surface area (Å²) in [5, 5.41) is 8.52. The standard InChI is InChI=1S/C20H18ClN5O/c1-12-9-13(2)26(25-12)20-19(22-15-5-4-6-16(11-15)27-3)23-17-8-7-14(21)10-18(17)24-20/h4-11H,1-3H3,(H,22,23). The van der Waals surface area contributed by atoms with Crippen molar-refractivity contribution >= 4 is 34.1 Å². The molecule has 27 heavy (non-hydrogen) atoms. The Balaban J connectivity index is 1.89. The monoisotopic (exact) mass is 379 g/mol. The molecule has 136 valence electrons. The van der Waals surface area contributed by atoms with Crippen LogP contribution in [-0.2, 0) is 0 Å². The number of hydrogen-bond acceptors (Lipinski definition) is 5. The molecule has 0 aliphatic heterocycles. The van der Waals surface area contributed by atoms with Gasteiger partial charge in [0.1, 0.15) is 5.75 Å². The second-order valence-electron chi connectivity index (χ2n) is 6.22. The first kappa shape index (κ1) is 17.3. The number of nitrogens with zero attached hydrogens (tertiary/aromatic N) is 4. The molecule has 0 aliphatic rings. The number of hydrogen-bond donors (Lipinski definition) is 1. The van der Waals surface area contributed by atoms with Crippen molar-refractivity contribution in [3.63, 3.8) is 0 Å². The number of fused-ring (bicyclic) bond motifs is 1. The number of aryl methyl sites for hydroxylation is 2. The van der Waals surface area contributed by atoms with Crippen molar-refractivity contribution in [1.29, 1.82) is 0 Å². The molecule has 0 aliphatic carbocycles. The number of rotatable bonds is 4. The second-order valence-corrected chi connectivity index (χ2v) is 6.66. The van der Waals surface area contributed by atoms with E-state index < -0.39 is 0 Å². The number of halogens is 1. The van der Waals surface area contributed by atoms with Crippen LogP contribution >= 0.6 is 11.6 Å². The Morgan fingerprint density at radius 1 is 1.00 bits per heavy atom. The largest absolute Gasteiger partial charge is 0.497 e. The summed E-state index contributed by atoms with van der Waals surface area (Å²) in [6.45, 7) is 3.93. The molecule has 4 aromatic rings. The van der Waals surface area contributed by atoms with E-state index in [9.17, 15) is 0 Å². The van der Waals surface area contributed by atoms with Crippen LogP contribution in [0.3, 0.4) is 0 Å². The van der Waals surface area contributed by atoms with Gasteiger partial charge in [-0.25, -0.2) is 14.6 Å². The van der Waals surface area contributed by atoms with Gasteiger partial charge in [-0.05, 0) is 50.2 Å². The van der Waals surface area contributed by atoms with E-state index in [1.54, 1.807) is 23.9 Å². The molecule has 0 amide bonds. The molecule has 0 fully saturated rings. The van der Waals surface area contributed by atoms with Gasteiger partial charge in [0.05, 0.1) is 23.8 Å². The van der Waals surface area contributed by atoms with Crippen molar-refractivity contribution in [2.24, 2.45) is 0 Å². The van der Waals surface area contributed by atoms with Gasteiger partial charge in [0, 0.05) is 22.5 Å². The molecular weight excluding hydrogens is 362 g/mol. The average molecular weight is 380 g/mol. The Hall–Kier alpha value is -3.12. The van der Waals surface area contributed by atoms with Crippen LogP contribution in [0.1, 0.15) is 11.4 Å². The van der Waals surface area contributed by atoms with E-state index in [2.05, 4.69) is 10.4 Å². The highest BCUT2D eigenvalue weighted by atomic mass is 35.5. The zero-order valence-electron chi connectivity index (χ0n) is 15.2. The van der Waals surface area contributed by atoms with Gasteiger partial charge in [-0.2, -0.15) is 5.10 Å². The minimum absolute atomic E-state index is 0.601. The van der Waals surface area contributed by atoms with Crippen LogP contribution in [0, 0.1) is 13.8 Å². The molecular formula is C20H18ClN5O. The average Bonchev–Trinajstić information content (AvgIpc) is 2.99. The minimum atomic E-state index is 0.601. The van der Waals surface area contributed by atoms with Gasteiger partial charge in [0.25, 0.3) is 0 Å². The molecule has 2 aromatic heterocycles. The summed E-state index contributed by atoms with van der Waals surface area (Å²) in [4.78, 5) is 9.54. The van der Waals surface area contributed by atoms with Gasteiger partial charge in [-0.1, -0.05) is 17.7 Å². The molecule has 0 atom stereocenters. The van der Waals surface area contributed by atoms with E-state index in [1.165, 1.54) is 0 Å². The predicted molar refractivity (Wildman–Crippen MR) is 107 cm³/mol. The molecule has 0 saturated carbocycles. The van der Waals surface area contributed by atoms with E-state index in [-0.39, 0.29) is 0 Å². The lowest BCUT2D eigenvalue weighted by Gasteiger charge is -2.13.